The van der Waals surface area contributed by atoms with Crippen molar-refractivity contribution in [3.63, 3.8) is 0 Å². The molecule has 36 heavy (non-hydrogen) atoms. The lowest BCUT2D eigenvalue weighted by molar-refractivity contribution is -0.525. The molecule has 9 N–H and O–H groups in total. The van der Waals surface area contributed by atoms with Gasteiger partial charge in [0.2, 0.25) is 11.8 Å². The summed E-state index contributed by atoms with van der Waals surface area (Å²) in [6, 6.07) is -3.46. The van der Waals surface area contributed by atoms with Crippen LogP contribution in [-0.4, -0.2) is 88.3 Å². The lowest BCUT2D eigenvalue weighted by Crippen LogP contribution is -2.50. The average Bonchev–Trinajstić information content (AvgIpc) is 3.13. The molecule has 0 spiro atoms. The van der Waals surface area contributed by atoms with Crippen LogP contribution in [0.3, 0.4) is 0 Å². The predicted molar refractivity (Wildman–Crippen MR) is 105 cm³/mol. The fourth-order valence-electron chi connectivity index (χ4n) is 2.70. The number of halogens is 6. The van der Waals surface area contributed by atoms with Crippen molar-refractivity contribution in [1.29, 1.82) is 0 Å². The van der Waals surface area contributed by atoms with Crippen LogP contribution < -0.4 is 27.9 Å². The minimum atomic E-state index is -5.11. The van der Waals surface area contributed by atoms with Gasteiger partial charge in [0.15, 0.2) is 5.03 Å². The molecule has 1 aliphatic heterocycles. The number of nitro groups is 1. The lowest BCUT2D eigenvalue weighted by Gasteiger charge is -2.25. The Kier molecular flexibility index (Phi) is 11.8. The van der Waals surface area contributed by atoms with E-state index in [9.17, 15) is 50.8 Å². The molecule has 0 aromatic rings. The Balaban J connectivity index is 0.00000152. The number of primary amides is 1. The molecule has 1 aliphatic rings. The van der Waals surface area contributed by atoms with Crippen LogP contribution in [0.15, 0.2) is 4.99 Å². The molecular formula is C15H22F6N8O7. The first-order chi connectivity index (χ1) is 16.3. The van der Waals surface area contributed by atoms with Crippen molar-refractivity contribution >= 4 is 29.7 Å². The van der Waals surface area contributed by atoms with Crippen molar-refractivity contribution in [1.82, 2.24) is 15.6 Å². The highest BCUT2D eigenvalue weighted by atomic mass is 19.4. The predicted octanol–water partition coefficient (Wildman–Crippen LogP) is -2.04. The Hall–Kier alpha value is -3.91. The molecule has 1 saturated heterocycles. The highest BCUT2D eigenvalue weighted by Crippen LogP contribution is 2.22. The first kappa shape index (κ1) is 32.1. The summed E-state index contributed by atoms with van der Waals surface area (Å²) >= 11 is 0. The molecule has 21 heteroatoms. The zero-order valence-corrected chi connectivity index (χ0v) is 18.0. The zero-order valence-electron chi connectivity index (χ0n) is 18.0. The molecule has 206 valence electrons. The van der Waals surface area contributed by atoms with Crippen LogP contribution >= 0.6 is 0 Å². The van der Waals surface area contributed by atoms with Crippen LogP contribution in [0.5, 0.6) is 0 Å². The molecule has 1 fully saturated rings. The number of aliphatic carboxylic acids is 1. The Morgan fingerprint density at radius 1 is 1.14 bits per heavy atom. The van der Waals surface area contributed by atoms with E-state index >= 15 is 0 Å². The summed E-state index contributed by atoms with van der Waals surface area (Å²) in [5, 5.41) is 18.1. The summed E-state index contributed by atoms with van der Waals surface area (Å²) in [4.78, 5) is 58.7. The van der Waals surface area contributed by atoms with Crippen molar-refractivity contribution < 1.29 is 55.7 Å². The molecule has 0 aliphatic carbocycles. The maximum Gasteiger partial charge on any atom is 0.490 e. The second kappa shape index (κ2) is 13.3. The summed E-state index contributed by atoms with van der Waals surface area (Å²) in [5.41, 5.74) is 17.8. The minimum absolute atomic E-state index is 0.0111. The summed E-state index contributed by atoms with van der Waals surface area (Å²) in [6.45, 7) is -0.350. The number of carboxylic acids is 1. The monoisotopic (exact) mass is 540 g/mol. The number of hydrogen-bond acceptors (Lipinski definition) is 8. The molecule has 15 nitrogen and oxygen atoms in total. The number of alkyl halides is 6. The molecule has 0 aromatic carbocycles. The van der Waals surface area contributed by atoms with Gasteiger partial charge in [0, 0.05) is 19.1 Å². The molecule has 0 bridgehead atoms. The first-order valence-corrected chi connectivity index (χ1v) is 9.51. The van der Waals surface area contributed by atoms with E-state index in [1.54, 1.807) is 10.7 Å². The van der Waals surface area contributed by atoms with Crippen molar-refractivity contribution in [3.05, 3.63) is 10.1 Å². The second-order valence-corrected chi connectivity index (χ2v) is 7.00. The van der Waals surface area contributed by atoms with E-state index in [1.807, 2.05) is 0 Å². The molecule has 0 radical (unpaired) electrons. The highest BCUT2D eigenvalue weighted by Gasteiger charge is 2.45. The number of nitrogens with zero attached hydrogens (tertiary/aromatic N) is 3. The van der Waals surface area contributed by atoms with Gasteiger partial charge in [0.25, 0.3) is 5.96 Å². The van der Waals surface area contributed by atoms with E-state index in [0.29, 0.717) is 0 Å². The van der Waals surface area contributed by atoms with Gasteiger partial charge in [-0.15, -0.1) is 0 Å². The number of carboxylic acid groups (broad SMARTS) is 1. The van der Waals surface area contributed by atoms with Gasteiger partial charge in [-0.25, -0.2) is 19.9 Å². The van der Waals surface area contributed by atoms with Crippen LogP contribution in [0.2, 0.25) is 0 Å². The van der Waals surface area contributed by atoms with Crippen LogP contribution in [0.25, 0.3) is 0 Å². The Morgan fingerprint density at radius 3 is 2.08 bits per heavy atom. The zero-order chi connectivity index (χ0) is 28.4. The molecule has 0 unspecified atom stereocenters. The largest absolute Gasteiger partial charge is 0.490 e. The van der Waals surface area contributed by atoms with Gasteiger partial charge in [-0.2, -0.15) is 26.3 Å². The molecule has 3 atom stereocenters. The van der Waals surface area contributed by atoms with E-state index in [-0.39, 0.29) is 32.4 Å². The second-order valence-electron chi connectivity index (χ2n) is 7.00. The van der Waals surface area contributed by atoms with Gasteiger partial charge in [-0.1, -0.05) is 5.43 Å². The molecule has 0 aromatic heterocycles. The number of carbonyl (C=O) groups is 4. The number of amides is 3. The number of nitrogens with one attached hydrogen (secondary N) is 2. The number of nitrogens with two attached hydrogens (primary N) is 3. The molecule has 0 saturated carbocycles. The summed E-state index contributed by atoms with van der Waals surface area (Å²) in [6.07, 6.45) is -10.2. The minimum Gasteiger partial charge on any atom is -0.475 e. The number of hydrazine groups is 1. The maximum absolute atomic E-state index is 12.5. The third kappa shape index (κ3) is 11.5. The number of aliphatic imine (C=N–C) groups is 1. The average molecular weight is 540 g/mol. The quantitative estimate of drug-likeness (QED) is 0.0491. The van der Waals surface area contributed by atoms with Gasteiger partial charge in [0.1, 0.15) is 6.04 Å². The Morgan fingerprint density at radius 2 is 1.67 bits per heavy atom. The van der Waals surface area contributed by atoms with Crippen LogP contribution in [0.4, 0.5) is 26.3 Å². The number of carbonyl (C=O) groups excluding carboxylic acids is 3. The Labute approximate surface area is 197 Å². The topological polar surface area (TPSA) is 249 Å². The van der Waals surface area contributed by atoms with E-state index < -0.39 is 65.2 Å². The van der Waals surface area contributed by atoms with Gasteiger partial charge in [-0.05, 0) is 19.3 Å². The molecule has 1 heterocycles. The standard InChI is InChI=1S/C13H21F3N8O5.C2HF3O2/c14-13(15,16)11(27)21-6-4-8(9(18)25)23(5-6)10(26)7(17)2-1-3-20-12(19)22-24(28)29;3-2(4,5)1(6)7/h6-8H,1-5,17H2,(H2,18,25)(H,21,27)(H3,19,20,22);(H,6,7)/t6-,7-,8-;/m0./s1. The molecule has 3 amide bonds. The number of guanidine groups is 1. The molecular weight excluding hydrogens is 518 g/mol. The summed E-state index contributed by atoms with van der Waals surface area (Å²) in [7, 11) is 0. The van der Waals surface area contributed by atoms with Crippen LogP contribution in [-0.2, 0) is 19.2 Å². The fraction of sp³-hybridized carbons (Fsp3) is 0.667. The Bertz CT molecular complexity index is 866. The van der Waals surface area contributed by atoms with E-state index in [2.05, 4.69) is 4.99 Å². The smallest absolute Gasteiger partial charge is 0.475 e. The SMILES string of the molecule is NC(=O)[C@@H]1C[C@H](NC(=O)C(F)(F)F)CN1C(=O)[C@@H](N)CCCN=C(N)N[N+](=O)[O-].O=C(O)C(F)(F)F. The van der Waals surface area contributed by atoms with Crippen molar-refractivity contribution in [3.8, 4) is 0 Å². The van der Waals surface area contributed by atoms with Gasteiger partial charge in [-0.3, -0.25) is 14.4 Å². The maximum atomic E-state index is 12.5. The van der Waals surface area contributed by atoms with Crippen molar-refractivity contribution in [2.24, 2.45) is 22.2 Å². The third-order valence-electron chi connectivity index (χ3n) is 4.23. The van der Waals surface area contributed by atoms with Gasteiger partial charge < -0.3 is 32.5 Å². The normalized spacial score (nSPS) is 19.0. The van der Waals surface area contributed by atoms with E-state index in [1.165, 1.54) is 0 Å². The van der Waals surface area contributed by atoms with Crippen LogP contribution in [0, 0.1) is 10.1 Å². The summed E-state index contributed by atoms with van der Waals surface area (Å²) < 4.78 is 68.9. The lowest BCUT2D eigenvalue weighted by atomic mass is 10.1. The van der Waals surface area contributed by atoms with Gasteiger partial charge in [0.05, 0.1) is 6.04 Å². The number of likely N-dealkylation sites (tertiary alicyclic amines) is 1. The highest BCUT2D eigenvalue weighted by molar-refractivity contribution is 5.90. The van der Waals surface area contributed by atoms with Crippen molar-refractivity contribution in [2.45, 2.75) is 49.7 Å². The third-order valence-corrected chi connectivity index (χ3v) is 4.23. The van der Waals surface area contributed by atoms with Crippen LogP contribution in [0.1, 0.15) is 19.3 Å². The molecule has 1 rings (SSSR count). The van der Waals surface area contributed by atoms with Gasteiger partial charge >= 0.3 is 24.2 Å². The number of hydrogen-bond donors (Lipinski definition) is 6. The number of rotatable bonds is 8. The van der Waals surface area contributed by atoms with E-state index in [0.717, 1.165) is 4.90 Å². The summed E-state index contributed by atoms with van der Waals surface area (Å²) in [5.74, 6) is -7.07. The van der Waals surface area contributed by atoms with Crippen molar-refractivity contribution in [2.75, 3.05) is 13.1 Å². The first-order valence-electron chi connectivity index (χ1n) is 9.51. The fourth-order valence-corrected chi connectivity index (χ4v) is 2.70. The van der Waals surface area contributed by atoms with E-state index in [4.69, 9.17) is 27.1 Å².